The summed E-state index contributed by atoms with van der Waals surface area (Å²) in [7, 11) is 1.26. The van der Waals surface area contributed by atoms with Gasteiger partial charge in [-0.3, -0.25) is 19.3 Å². The number of carboxylic acid groups (broad SMARTS) is 1. The van der Waals surface area contributed by atoms with Crippen molar-refractivity contribution in [3.8, 4) is 0 Å². The van der Waals surface area contributed by atoms with Crippen molar-refractivity contribution in [2.24, 2.45) is 5.16 Å². The molecule has 2 saturated heterocycles. The maximum absolute atomic E-state index is 12.8. The zero-order chi connectivity index (χ0) is 23.7. The summed E-state index contributed by atoms with van der Waals surface area (Å²) in [5.74, 6) is -2.37. The number of thiazole rings is 1. The number of aliphatic carboxylic acids is 1. The van der Waals surface area contributed by atoms with Gasteiger partial charge < -0.3 is 31.0 Å². The van der Waals surface area contributed by atoms with Gasteiger partial charge in [0, 0.05) is 11.8 Å². The highest BCUT2D eigenvalue weighted by atomic mass is 32.2. The molecule has 0 aromatic carbocycles. The van der Waals surface area contributed by atoms with Crippen LogP contribution in [0.4, 0.5) is 5.13 Å². The maximum Gasteiger partial charge on any atom is 0.356 e. The lowest BCUT2D eigenvalue weighted by atomic mass is 10.0. The molecule has 33 heavy (non-hydrogen) atoms. The summed E-state index contributed by atoms with van der Waals surface area (Å²) < 4.78 is 5.66. The molecular formula is C18H20N6O7S2. The van der Waals surface area contributed by atoms with E-state index in [1.54, 1.807) is 0 Å². The predicted octanol–water partition coefficient (Wildman–Crippen LogP) is -0.933. The second-order valence-corrected chi connectivity index (χ2v) is 9.24. The van der Waals surface area contributed by atoms with Gasteiger partial charge in [-0.2, -0.15) is 0 Å². The lowest BCUT2D eigenvalue weighted by Gasteiger charge is -2.49. The number of carbonyl (C=O) groups excluding carboxylic acids is 3. The molecule has 1 aromatic rings. The van der Waals surface area contributed by atoms with E-state index in [4.69, 9.17) is 15.3 Å². The fourth-order valence-electron chi connectivity index (χ4n) is 3.61. The molecular weight excluding hydrogens is 476 g/mol. The molecule has 3 amide bonds. The first-order chi connectivity index (χ1) is 15.8. The molecule has 2 fully saturated rings. The van der Waals surface area contributed by atoms with Crippen molar-refractivity contribution in [3.63, 3.8) is 0 Å². The van der Waals surface area contributed by atoms with Gasteiger partial charge in [-0.1, -0.05) is 5.16 Å². The summed E-state index contributed by atoms with van der Waals surface area (Å²) in [6, 6.07) is -1.18. The van der Waals surface area contributed by atoms with Crippen molar-refractivity contribution < 1.29 is 33.9 Å². The normalized spacial score (nSPS) is 24.7. The molecule has 3 aliphatic rings. The van der Waals surface area contributed by atoms with Crippen molar-refractivity contribution >= 4 is 57.6 Å². The van der Waals surface area contributed by atoms with Crippen LogP contribution in [-0.4, -0.2) is 81.3 Å². The van der Waals surface area contributed by atoms with Gasteiger partial charge in [0.1, 0.15) is 36.6 Å². The summed E-state index contributed by atoms with van der Waals surface area (Å²) in [6.07, 6.45) is 0.987. The average Bonchev–Trinajstić information content (AvgIpc) is 3.40. The minimum absolute atomic E-state index is 0.0812. The number of carboxylic acids is 1. The standard InChI is InChI=1S/C18H20N6O7S2/c1-30-23-11(8-5-33-18(19)21-8)14(26)22-12-15(27)24-13(17(28)29)9(6-32-16(12)24)31-4-7-2-3-10(25)20-7/h5,7,12,16H,2-4,6H2,1H3,(H2,19,21)(H,20,25)(H,22,26)(H,28,29)/b23-11-/t7?,12-,16+/m1/s1. The Morgan fingerprint density at radius 3 is 2.85 bits per heavy atom. The third kappa shape index (κ3) is 4.45. The number of aromatic nitrogens is 1. The van der Waals surface area contributed by atoms with Crippen LogP contribution in [0.25, 0.3) is 0 Å². The number of nitrogens with one attached hydrogen (secondary N) is 2. The first kappa shape index (κ1) is 22.8. The van der Waals surface area contributed by atoms with E-state index in [9.17, 15) is 24.3 Å². The molecule has 4 rings (SSSR count). The summed E-state index contributed by atoms with van der Waals surface area (Å²) >= 11 is 2.37. The summed E-state index contributed by atoms with van der Waals surface area (Å²) in [5, 5.41) is 19.8. The van der Waals surface area contributed by atoms with Crippen LogP contribution in [0.1, 0.15) is 18.5 Å². The maximum atomic E-state index is 12.8. The van der Waals surface area contributed by atoms with Crippen LogP contribution in [0.3, 0.4) is 0 Å². The zero-order valence-corrected chi connectivity index (χ0v) is 18.9. The van der Waals surface area contributed by atoms with Crippen LogP contribution in [0.15, 0.2) is 22.0 Å². The molecule has 176 valence electrons. The van der Waals surface area contributed by atoms with E-state index in [-0.39, 0.29) is 52.3 Å². The van der Waals surface area contributed by atoms with Crippen molar-refractivity contribution in [1.29, 1.82) is 0 Å². The molecule has 4 heterocycles. The van der Waals surface area contributed by atoms with Crippen LogP contribution in [0.5, 0.6) is 0 Å². The van der Waals surface area contributed by atoms with E-state index >= 15 is 0 Å². The number of nitrogens with zero attached hydrogens (tertiary/aromatic N) is 3. The molecule has 0 saturated carbocycles. The second-order valence-electron chi connectivity index (χ2n) is 7.25. The van der Waals surface area contributed by atoms with Crippen LogP contribution < -0.4 is 16.4 Å². The minimum atomic E-state index is -1.32. The number of fused-ring (bicyclic) bond motifs is 1. The Kier molecular flexibility index (Phi) is 6.42. The van der Waals surface area contributed by atoms with E-state index in [1.807, 2.05) is 0 Å². The highest BCUT2D eigenvalue weighted by Crippen LogP contribution is 2.40. The number of thioether (sulfide) groups is 1. The van der Waals surface area contributed by atoms with Gasteiger partial charge in [-0.15, -0.1) is 23.1 Å². The number of nitrogens with two attached hydrogens (primary N) is 1. The Morgan fingerprint density at radius 2 is 2.24 bits per heavy atom. The van der Waals surface area contributed by atoms with Crippen molar-refractivity contribution in [2.45, 2.75) is 30.3 Å². The molecule has 0 bridgehead atoms. The third-order valence-electron chi connectivity index (χ3n) is 5.13. The Morgan fingerprint density at radius 1 is 1.45 bits per heavy atom. The number of rotatable bonds is 8. The molecule has 15 heteroatoms. The molecule has 1 aromatic heterocycles. The predicted molar refractivity (Wildman–Crippen MR) is 117 cm³/mol. The topological polar surface area (TPSA) is 186 Å². The lowest BCUT2D eigenvalue weighted by molar-refractivity contribution is -0.150. The van der Waals surface area contributed by atoms with Crippen LogP contribution in [0.2, 0.25) is 0 Å². The van der Waals surface area contributed by atoms with E-state index < -0.39 is 29.2 Å². The van der Waals surface area contributed by atoms with E-state index in [0.29, 0.717) is 12.8 Å². The highest BCUT2D eigenvalue weighted by Gasteiger charge is 2.55. The summed E-state index contributed by atoms with van der Waals surface area (Å²) in [5.41, 5.74) is 5.38. The number of ether oxygens (including phenoxy) is 1. The summed E-state index contributed by atoms with van der Waals surface area (Å²) in [6.45, 7) is 0.110. The molecule has 3 atom stereocenters. The van der Waals surface area contributed by atoms with Gasteiger partial charge in [0.15, 0.2) is 16.5 Å². The van der Waals surface area contributed by atoms with Crippen LogP contribution >= 0.6 is 23.1 Å². The molecule has 0 spiro atoms. The molecule has 0 radical (unpaired) electrons. The van der Waals surface area contributed by atoms with E-state index in [1.165, 1.54) is 24.3 Å². The van der Waals surface area contributed by atoms with Crippen molar-refractivity contribution in [1.82, 2.24) is 20.5 Å². The Balaban J connectivity index is 1.46. The number of hydrogen-bond acceptors (Lipinski definition) is 11. The highest BCUT2D eigenvalue weighted by molar-refractivity contribution is 8.00. The number of oxime groups is 1. The van der Waals surface area contributed by atoms with E-state index in [0.717, 1.165) is 16.2 Å². The average molecular weight is 497 g/mol. The second kappa shape index (κ2) is 9.27. The molecule has 5 N–H and O–H groups in total. The van der Waals surface area contributed by atoms with Gasteiger partial charge >= 0.3 is 5.97 Å². The Labute approximate surface area is 195 Å². The number of amides is 3. The van der Waals surface area contributed by atoms with E-state index in [2.05, 4.69) is 20.8 Å². The van der Waals surface area contributed by atoms with Gasteiger partial charge in [-0.25, -0.2) is 9.78 Å². The number of anilines is 1. The zero-order valence-electron chi connectivity index (χ0n) is 17.3. The molecule has 3 aliphatic heterocycles. The first-order valence-corrected chi connectivity index (χ1v) is 11.7. The number of nitrogen functional groups attached to an aromatic ring is 1. The third-order valence-corrected chi connectivity index (χ3v) is 7.06. The number of hydrogen-bond donors (Lipinski definition) is 4. The first-order valence-electron chi connectivity index (χ1n) is 9.76. The van der Waals surface area contributed by atoms with Gasteiger partial charge in [-0.05, 0) is 6.42 Å². The quantitative estimate of drug-likeness (QED) is 0.199. The monoisotopic (exact) mass is 496 g/mol. The number of β-lactam (4-membered cyclic amide) rings is 1. The van der Waals surface area contributed by atoms with Gasteiger partial charge in [0.2, 0.25) is 5.91 Å². The van der Waals surface area contributed by atoms with Crippen LogP contribution in [-0.2, 0) is 28.8 Å². The summed E-state index contributed by atoms with van der Waals surface area (Å²) in [4.78, 5) is 58.6. The lowest BCUT2D eigenvalue weighted by Crippen LogP contribution is -2.71. The smallest absolute Gasteiger partial charge is 0.356 e. The Bertz CT molecular complexity index is 1070. The Hall–Kier alpha value is -3.33. The van der Waals surface area contributed by atoms with Crippen molar-refractivity contribution in [2.75, 3.05) is 25.2 Å². The van der Waals surface area contributed by atoms with Crippen molar-refractivity contribution in [3.05, 3.63) is 22.5 Å². The fourth-order valence-corrected chi connectivity index (χ4v) is 5.43. The van der Waals surface area contributed by atoms with Gasteiger partial charge in [0.25, 0.3) is 11.8 Å². The minimum Gasteiger partial charge on any atom is -0.492 e. The SMILES string of the molecule is CO/N=C(\C(=O)N[C@@H]1C(=O)N2C(C(=O)O)=C(OCC3CCC(=O)N3)CS[C@@H]12)c1csc(N)n1. The molecule has 13 nitrogen and oxygen atoms in total. The molecule has 0 aliphatic carbocycles. The van der Waals surface area contributed by atoms with Crippen LogP contribution in [0, 0.1) is 0 Å². The largest absolute Gasteiger partial charge is 0.492 e. The number of carbonyl (C=O) groups is 4. The molecule has 1 unspecified atom stereocenters. The van der Waals surface area contributed by atoms with Gasteiger partial charge in [0.05, 0.1) is 11.8 Å². The fraction of sp³-hybridized carbons (Fsp3) is 0.444.